The molecule has 0 bridgehead atoms. The van der Waals surface area contributed by atoms with Crippen LogP contribution in [0.4, 0.5) is 5.82 Å². The molecule has 2 aromatic rings. The zero-order valence-electron chi connectivity index (χ0n) is 14.2. The van der Waals surface area contributed by atoms with E-state index in [1.807, 2.05) is 14.1 Å². The molecule has 25 heavy (non-hydrogen) atoms. The normalized spacial score (nSPS) is 26.2. The number of aliphatic hydroxyl groups is 2. The number of aromatic nitrogens is 4. The predicted octanol–water partition coefficient (Wildman–Crippen LogP) is -0.0303. The number of aliphatic hydroxyl groups excluding tert-OH is 2. The van der Waals surface area contributed by atoms with Crippen LogP contribution in [-0.2, 0) is 4.79 Å². The lowest BCUT2D eigenvalue weighted by Crippen LogP contribution is -2.40. The SMILES string of the molecule is CN(C)C(=O)[C@H]1S[C@@H](n2cnc3c(N(C)C)nc(Cl)nc32)[C@H](O)[C@@H]1O. The number of nitrogens with zero attached hydrogens (tertiary/aromatic N) is 6. The van der Waals surface area contributed by atoms with Crippen LogP contribution in [-0.4, -0.2) is 86.2 Å². The van der Waals surface area contributed by atoms with Gasteiger partial charge in [0.15, 0.2) is 17.0 Å². The van der Waals surface area contributed by atoms with Gasteiger partial charge in [-0.25, -0.2) is 4.98 Å². The molecule has 0 spiro atoms. The molecule has 4 atom stereocenters. The number of amides is 1. The van der Waals surface area contributed by atoms with Gasteiger partial charge in [0.05, 0.1) is 6.33 Å². The Labute approximate surface area is 153 Å². The van der Waals surface area contributed by atoms with Crippen LogP contribution in [0.2, 0.25) is 5.28 Å². The quantitative estimate of drug-likeness (QED) is 0.708. The van der Waals surface area contributed by atoms with Gasteiger partial charge in [-0.05, 0) is 11.6 Å². The summed E-state index contributed by atoms with van der Waals surface area (Å²) >= 11 is 7.19. The molecule has 0 unspecified atom stereocenters. The van der Waals surface area contributed by atoms with Gasteiger partial charge in [0.1, 0.15) is 22.8 Å². The van der Waals surface area contributed by atoms with Crippen molar-refractivity contribution in [2.45, 2.75) is 22.8 Å². The van der Waals surface area contributed by atoms with Crippen LogP contribution in [0.1, 0.15) is 5.37 Å². The standard InChI is InChI=1S/C14H19ClN6O3S/c1-19(2)10-6-11(18-14(15)17-10)21(5-16-6)13-8(23)7(22)9(25-13)12(24)20(3)4/h5,7-9,13,22-23H,1-4H3/t7-,8+,9-,13+/m0/s1. The smallest absolute Gasteiger partial charge is 0.238 e. The Bertz CT molecular complexity index is 813. The Morgan fingerprint density at radius 2 is 1.92 bits per heavy atom. The summed E-state index contributed by atoms with van der Waals surface area (Å²) in [6.07, 6.45) is -0.820. The summed E-state index contributed by atoms with van der Waals surface area (Å²) in [6.45, 7) is 0. The average Bonchev–Trinajstić information content (AvgIpc) is 3.08. The summed E-state index contributed by atoms with van der Waals surface area (Å²) < 4.78 is 1.62. The van der Waals surface area contributed by atoms with E-state index in [9.17, 15) is 15.0 Å². The van der Waals surface area contributed by atoms with Crippen molar-refractivity contribution in [3.63, 3.8) is 0 Å². The number of thioether (sulfide) groups is 1. The second-order valence-electron chi connectivity index (χ2n) is 6.20. The molecule has 1 fully saturated rings. The first-order chi connectivity index (χ1) is 11.7. The topological polar surface area (TPSA) is 108 Å². The largest absolute Gasteiger partial charge is 0.389 e. The minimum atomic E-state index is -1.19. The van der Waals surface area contributed by atoms with Crippen molar-refractivity contribution < 1.29 is 15.0 Å². The van der Waals surface area contributed by atoms with E-state index in [0.717, 1.165) is 0 Å². The number of hydrogen-bond donors (Lipinski definition) is 2. The highest BCUT2D eigenvalue weighted by Crippen LogP contribution is 2.44. The number of hydrogen-bond acceptors (Lipinski definition) is 8. The van der Waals surface area contributed by atoms with Crippen LogP contribution >= 0.6 is 23.4 Å². The molecule has 0 aliphatic carbocycles. The molecule has 1 amide bonds. The average molecular weight is 387 g/mol. The summed E-state index contributed by atoms with van der Waals surface area (Å²) in [6, 6.07) is 0. The third-order valence-corrected chi connectivity index (χ3v) is 5.72. The summed E-state index contributed by atoms with van der Waals surface area (Å²) in [5, 5.41) is 19.4. The fraction of sp³-hybridized carbons (Fsp3) is 0.571. The fourth-order valence-corrected chi connectivity index (χ4v) is 4.44. The third-order valence-electron chi connectivity index (χ3n) is 4.00. The molecule has 0 radical (unpaired) electrons. The van der Waals surface area contributed by atoms with Crippen molar-refractivity contribution in [1.82, 2.24) is 24.4 Å². The van der Waals surface area contributed by atoms with Crippen LogP contribution < -0.4 is 4.90 Å². The monoisotopic (exact) mass is 386 g/mol. The van der Waals surface area contributed by atoms with Crippen LogP contribution in [0.25, 0.3) is 11.2 Å². The highest BCUT2D eigenvalue weighted by atomic mass is 35.5. The summed E-state index contributed by atoms with van der Waals surface area (Å²) in [7, 11) is 6.84. The fourth-order valence-electron chi connectivity index (χ4n) is 2.72. The van der Waals surface area contributed by atoms with Gasteiger partial charge in [-0.3, -0.25) is 9.36 Å². The van der Waals surface area contributed by atoms with Gasteiger partial charge in [0, 0.05) is 28.2 Å². The Morgan fingerprint density at radius 1 is 1.24 bits per heavy atom. The molecule has 1 aliphatic heterocycles. The highest BCUT2D eigenvalue weighted by molar-refractivity contribution is 8.01. The highest BCUT2D eigenvalue weighted by Gasteiger charge is 2.47. The second kappa shape index (κ2) is 6.60. The number of rotatable bonds is 3. The third kappa shape index (κ3) is 3.03. The molecule has 3 heterocycles. The van der Waals surface area contributed by atoms with E-state index < -0.39 is 22.8 Å². The number of anilines is 1. The van der Waals surface area contributed by atoms with E-state index >= 15 is 0 Å². The van der Waals surface area contributed by atoms with E-state index in [1.54, 1.807) is 23.6 Å². The lowest BCUT2D eigenvalue weighted by Gasteiger charge is -2.18. The first kappa shape index (κ1) is 18.2. The number of imidazole rings is 1. The van der Waals surface area contributed by atoms with Gasteiger partial charge >= 0.3 is 0 Å². The molecule has 2 N–H and O–H groups in total. The van der Waals surface area contributed by atoms with Crippen LogP contribution in [0.3, 0.4) is 0 Å². The van der Waals surface area contributed by atoms with Crippen LogP contribution in [0.5, 0.6) is 0 Å². The number of halogens is 1. The summed E-state index contributed by atoms with van der Waals surface area (Å²) in [5.41, 5.74) is 0.962. The van der Waals surface area contributed by atoms with Gasteiger partial charge in [-0.15, -0.1) is 11.8 Å². The Hall–Kier alpha value is -1.62. The Balaban J connectivity index is 2.04. The van der Waals surface area contributed by atoms with Crippen molar-refractivity contribution in [2.75, 3.05) is 33.1 Å². The molecule has 1 aliphatic rings. The molecular weight excluding hydrogens is 368 g/mol. The first-order valence-corrected chi connectivity index (χ1v) is 8.84. The van der Waals surface area contributed by atoms with Gasteiger partial charge < -0.3 is 20.0 Å². The van der Waals surface area contributed by atoms with Crippen LogP contribution in [0, 0.1) is 0 Å². The molecule has 9 nitrogen and oxygen atoms in total. The van der Waals surface area contributed by atoms with E-state index in [1.165, 1.54) is 23.0 Å². The molecule has 0 saturated carbocycles. The molecule has 2 aromatic heterocycles. The lowest BCUT2D eigenvalue weighted by atomic mass is 10.1. The summed E-state index contributed by atoms with van der Waals surface area (Å²) in [5.74, 6) is 0.290. The second-order valence-corrected chi connectivity index (χ2v) is 7.80. The van der Waals surface area contributed by atoms with E-state index in [-0.39, 0.29) is 11.2 Å². The molecule has 136 valence electrons. The molecular formula is C14H19ClN6O3S. The van der Waals surface area contributed by atoms with Crippen molar-refractivity contribution in [3.8, 4) is 0 Å². The van der Waals surface area contributed by atoms with Crippen LogP contribution in [0.15, 0.2) is 6.33 Å². The molecule has 0 aromatic carbocycles. The Morgan fingerprint density at radius 3 is 2.52 bits per heavy atom. The van der Waals surface area contributed by atoms with E-state index in [2.05, 4.69) is 15.0 Å². The lowest BCUT2D eigenvalue weighted by molar-refractivity contribution is -0.131. The molecule has 11 heteroatoms. The van der Waals surface area contributed by atoms with Crippen molar-refractivity contribution >= 4 is 46.3 Å². The maximum atomic E-state index is 12.2. The van der Waals surface area contributed by atoms with Gasteiger partial charge in [-0.1, -0.05) is 0 Å². The van der Waals surface area contributed by atoms with Gasteiger partial charge in [0.25, 0.3) is 0 Å². The maximum absolute atomic E-state index is 12.2. The minimum Gasteiger partial charge on any atom is -0.389 e. The maximum Gasteiger partial charge on any atom is 0.238 e. The number of fused-ring (bicyclic) bond motifs is 1. The van der Waals surface area contributed by atoms with Gasteiger partial charge in [-0.2, -0.15) is 9.97 Å². The number of carbonyl (C=O) groups is 1. The van der Waals surface area contributed by atoms with Crippen molar-refractivity contribution in [2.24, 2.45) is 0 Å². The van der Waals surface area contributed by atoms with Crippen molar-refractivity contribution in [3.05, 3.63) is 11.6 Å². The van der Waals surface area contributed by atoms with Crippen molar-refractivity contribution in [1.29, 1.82) is 0 Å². The molecule has 1 saturated heterocycles. The van der Waals surface area contributed by atoms with E-state index in [0.29, 0.717) is 17.0 Å². The Kier molecular flexibility index (Phi) is 4.80. The molecule has 3 rings (SSSR count). The zero-order valence-corrected chi connectivity index (χ0v) is 15.7. The number of carbonyl (C=O) groups excluding carboxylic acids is 1. The first-order valence-electron chi connectivity index (χ1n) is 7.52. The van der Waals surface area contributed by atoms with E-state index in [4.69, 9.17) is 11.6 Å². The summed E-state index contributed by atoms with van der Waals surface area (Å²) in [4.78, 5) is 28.1. The zero-order chi connectivity index (χ0) is 18.5. The minimum absolute atomic E-state index is 0.0527. The van der Waals surface area contributed by atoms with Gasteiger partial charge in [0.2, 0.25) is 11.2 Å². The predicted molar refractivity (Wildman–Crippen MR) is 95.8 cm³/mol.